The number of esters is 1. The van der Waals surface area contributed by atoms with Gasteiger partial charge in [0.05, 0.1) is 0 Å². The number of carbonyl (C=O) groups is 1. The average molecular weight is 216 g/mol. The van der Waals surface area contributed by atoms with Gasteiger partial charge >= 0.3 is 5.97 Å². The molecule has 0 aromatic heterocycles. The number of ether oxygens (including phenoxy) is 1. The normalized spacial score (nSPS) is 19.6. The summed E-state index contributed by atoms with van der Waals surface area (Å²) in [7, 11) is 0. The minimum atomic E-state index is -0.234. The molecule has 0 amide bonds. The van der Waals surface area contributed by atoms with Gasteiger partial charge in [-0.2, -0.15) is 0 Å². The molecule has 1 atom stereocenters. The second kappa shape index (κ2) is 3.78. The first kappa shape index (κ1) is 10.9. The lowest BCUT2D eigenvalue weighted by Crippen LogP contribution is -2.07. The predicted octanol–water partition coefficient (Wildman–Crippen LogP) is 2.94. The van der Waals surface area contributed by atoms with E-state index in [1.807, 2.05) is 6.92 Å². The van der Waals surface area contributed by atoms with E-state index in [0.29, 0.717) is 0 Å². The SMILES string of the molecule is Cc1cc(C)c(C2=CC(=O)O[C@H]2C)c(C)c1. The zero-order chi connectivity index (χ0) is 11.9. The third-order valence-electron chi connectivity index (χ3n) is 2.97. The van der Waals surface area contributed by atoms with E-state index in [1.165, 1.54) is 16.7 Å². The summed E-state index contributed by atoms with van der Waals surface area (Å²) < 4.78 is 5.14. The monoisotopic (exact) mass is 216 g/mol. The fraction of sp³-hybridized carbons (Fsp3) is 0.357. The summed E-state index contributed by atoms with van der Waals surface area (Å²) in [5.41, 5.74) is 5.81. The highest BCUT2D eigenvalue weighted by Crippen LogP contribution is 2.31. The second-order valence-corrected chi connectivity index (χ2v) is 4.45. The molecule has 0 radical (unpaired) electrons. The Kier molecular flexibility index (Phi) is 2.58. The van der Waals surface area contributed by atoms with E-state index >= 15 is 0 Å². The van der Waals surface area contributed by atoms with Crippen molar-refractivity contribution >= 4 is 11.5 Å². The molecule has 1 aliphatic heterocycles. The molecule has 84 valence electrons. The second-order valence-electron chi connectivity index (χ2n) is 4.45. The Morgan fingerprint density at radius 2 is 1.69 bits per heavy atom. The summed E-state index contributed by atoms with van der Waals surface area (Å²) in [5, 5.41) is 0. The highest BCUT2D eigenvalue weighted by Gasteiger charge is 2.25. The molecule has 16 heavy (non-hydrogen) atoms. The van der Waals surface area contributed by atoms with Crippen molar-refractivity contribution in [2.24, 2.45) is 0 Å². The maximum Gasteiger partial charge on any atom is 0.331 e. The first-order valence-electron chi connectivity index (χ1n) is 5.49. The lowest BCUT2D eigenvalue weighted by atomic mass is 9.92. The number of rotatable bonds is 1. The molecule has 0 N–H and O–H groups in total. The van der Waals surface area contributed by atoms with Gasteiger partial charge in [-0.05, 0) is 44.4 Å². The van der Waals surface area contributed by atoms with Crippen LogP contribution >= 0.6 is 0 Å². The molecular formula is C14H16O2. The van der Waals surface area contributed by atoms with E-state index in [-0.39, 0.29) is 12.1 Å². The minimum Gasteiger partial charge on any atom is -0.455 e. The van der Waals surface area contributed by atoms with Gasteiger partial charge in [-0.1, -0.05) is 17.7 Å². The van der Waals surface area contributed by atoms with Gasteiger partial charge < -0.3 is 4.74 Å². The molecule has 0 saturated carbocycles. The van der Waals surface area contributed by atoms with Crippen LogP contribution in [0.2, 0.25) is 0 Å². The molecule has 1 heterocycles. The first-order chi connectivity index (χ1) is 7.49. The van der Waals surface area contributed by atoms with Crippen LogP contribution in [0.5, 0.6) is 0 Å². The Hall–Kier alpha value is -1.57. The lowest BCUT2D eigenvalue weighted by molar-refractivity contribution is -0.137. The Bertz CT molecular complexity index is 461. The quantitative estimate of drug-likeness (QED) is 0.675. The van der Waals surface area contributed by atoms with Crippen LogP contribution in [0.15, 0.2) is 18.2 Å². The van der Waals surface area contributed by atoms with Crippen molar-refractivity contribution in [2.75, 3.05) is 0 Å². The van der Waals surface area contributed by atoms with Crippen molar-refractivity contribution in [1.82, 2.24) is 0 Å². The van der Waals surface area contributed by atoms with Gasteiger partial charge in [0.1, 0.15) is 6.10 Å². The van der Waals surface area contributed by atoms with E-state index in [4.69, 9.17) is 4.74 Å². The Labute approximate surface area is 95.9 Å². The van der Waals surface area contributed by atoms with Crippen molar-refractivity contribution in [3.63, 3.8) is 0 Å². The fourth-order valence-corrected chi connectivity index (χ4v) is 2.43. The topological polar surface area (TPSA) is 26.3 Å². The van der Waals surface area contributed by atoms with Gasteiger partial charge in [0.15, 0.2) is 0 Å². The average Bonchev–Trinajstić information content (AvgIpc) is 2.43. The highest BCUT2D eigenvalue weighted by molar-refractivity contribution is 5.97. The summed E-state index contributed by atoms with van der Waals surface area (Å²) in [6.45, 7) is 8.14. The van der Waals surface area contributed by atoms with Gasteiger partial charge in [0.25, 0.3) is 0 Å². The predicted molar refractivity (Wildman–Crippen MR) is 64.2 cm³/mol. The van der Waals surface area contributed by atoms with Crippen LogP contribution < -0.4 is 0 Å². The van der Waals surface area contributed by atoms with Crippen molar-refractivity contribution in [2.45, 2.75) is 33.8 Å². The van der Waals surface area contributed by atoms with Crippen LogP contribution in [0, 0.1) is 20.8 Å². The molecular weight excluding hydrogens is 200 g/mol. The van der Waals surface area contributed by atoms with Gasteiger partial charge in [0.2, 0.25) is 0 Å². The van der Waals surface area contributed by atoms with E-state index in [2.05, 4.69) is 32.9 Å². The molecule has 0 fully saturated rings. The number of hydrogen-bond acceptors (Lipinski definition) is 2. The summed E-state index contributed by atoms with van der Waals surface area (Å²) in [4.78, 5) is 11.2. The summed E-state index contributed by atoms with van der Waals surface area (Å²) in [6, 6.07) is 4.28. The fourth-order valence-electron chi connectivity index (χ4n) is 2.43. The maximum absolute atomic E-state index is 11.2. The number of carbonyl (C=O) groups excluding carboxylic acids is 1. The molecule has 0 unspecified atom stereocenters. The summed E-state index contributed by atoms with van der Waals surface area (Å²) in [5.74, 6) is -0.234. The lowest BCUT2D eigenvalue weighted by Gasteiger charge is -2.15. The van der Waals surface area contributed by atoms with Crippen LogP contribution in [0.3, 0.4) is 0 Å². The third-order valence-corrected chi connectivity index (χ3v) is 2.97. The van der Waals surface area contributed by atoms with Crippen LogP contribution in [0.4, 0.5) is 0 Å². The van der Waals surface area contributed by atoms with Gasteiger partial charge in [0, 0.05) is 11.6 Å². The van der Waals surface area contributed by atoms with Crippen molar-refractivity contribution < 1.29 is 9.53 Å². The van der Waals surface area contributed by atoms with Gasteiger partial charge in [-0.15, -0.1) is 0 Å². The molecule has 2 rings (SSSR count). The van der Waals surface area contributed by atoms with Gasteiger partial charge in [-0.25, -0.2) is 4.79 Å². The van der Waals surface area contributed by atoms with Crippen molar-refractivity contribution in [3.05, 3.63) is 40.5 Å². The zero-order valence-electron chi connectivity index (χ0n) is 10.1. The molecule has 1 aromatic carbocycles. The molecule has 0 saturated heterocycles. The zero-order valence-corrected chi connectivity index (χ0v) is 10.1. The summed E-state index contributed by atoms with van der Waals surface area (Å²) in [6.07, 6.45) is 1.47. The van der Waals surface area contributed by atoms with E-state index < -0.39 is 0 Å². The molecule has 2 nitrogen and oxygen atoms in total. The van der Waals surface area contributed by atoms with E-state index in [0.717, 1.165) is 11.1 Å². The Balaban J connectivity index is 2.57. The molecule has 2 heteroatoms. The number of hydrogen-bond donors (Lipinski definition) is 0. The smallest absolute Gasteiger partial charge is 0.331 e. The largest absolute Gasteiger partial charge is 0.455 e. The molecule has 0 spiro atoms. The van der Waals surface area contributed by atoms with E-state index in [9.17, 15) is 4.79 Å². The van der Waals surface area contributed by atoms with Crippen LogP contribution in [0.25, 0.3) is 5.57 Å². The standard InChI is InChI=1S/C14H16O2/c1-8-5-9(2)14(10(3)6-8)12-7-13(15)16-11(12)4/h5-7,11H,1-4H3/t11-/m0/s1. The highest BCUT2D eigenvalue weighted by atomic mass is 16.5. The van der Waals surface area contributed by atoms with Crippen molar-refractivity contribution in [3.8, 4) is 0 Å². The van der Waals surface area contributed by atoms with E-state index in [1.54, 1.807) is 6.08 Å². The number of aryl methyl sites for hydroxylation is 3. The summed E-state index contributed by atoms with van der Waals surface area (Å²) >= 11 is 0. The van der Waals surface area contributed by atoms with Crippen LogP contribution in [-0.4, -0.2) is 12.1 Å². The number of cyclic esters (lactones) is 1. The number of benzene rings is 1. The van der Waals surface area contributed by atoms with Crippen LogP contribution in [0.1, 0.15) is 29.2 Å². The third kappa shape index (κ3) is 1.75. The molecule has 1 aliphatic rings. The van der Waals surface area contributed by atoms with Crippen LogP contribution in [-0.2, 0) is 9.53 Å². The Morgan fingerprint density at radius 3 is 2.12 bits per heavy atom. The first-order valence-corrected chi connectivity index (χ1v) is 5.49. The van der Waals surface area contributed by atoms with Gasteiger partial charge in [-0.3, -0.25) is 0 Å². The molecule has 0 aliphatic carbocycles. The minimum absolute atomic E-state index is 0.132. The maximum atomic E-state index is 11.2. The molecule has 0 bridgehead atoms. The molecule has 1 aromatic rings. The van der Waals surface area contributed by atoms with Crippen molar-refractivity contribution in [1.29, 1.82) is 0 Å². The Morgan fingerprint density at radius 1 is 1.12 bits per heavy atom.